The topological polar surface area (TPSA) is 181 Å². The minimum absolute atomic E-state index is 0.144. The summed E-state index contributed by atoms with van der Waals surface area (Å²) in [5.41, 5.74) is 5.29. The van der Waals surface area contributed by atoms with Gasteiger partial charge in [-0.15, -0.1) is 0 Å². The molecule has 1 unspecified atom stereocenters. The normalized spacial score (nSPS) is 13.9. The number of carbonyl (C=O) groups excluding carboxylic acids is 2. The summed E-state index contributed by atoms with van der Waals surface area (Å²) in [5, 5.41) is 18.5. The van der Waals surface area contributed by atoms with Crippen LogP contribution in [0.2, 0.25) is 0 Å². The first-order chi connectivity index (χ1) is 11.4. The average Bonchev–Trinajstić information content (AvgIpc) is 2.48. The van der Waals surface area contributed by atoms with E-state index in [0.29, 0.717) is 0 Å². The van der Waals surface area contributed by atoms with Gasteiger partial charge in [-0.1, -0.05) is 0 Å². The SMILES string of the molecule is CC(C)S(=O)(=O)C[C@H](CC(=O)CCC(N)C(=O)O)C(=O)NCC(=O)O. The Morgan fingerprint density at radius 1 is 1.12 bits per heavy atom. The van der Waals surface area contributed by atoms with Gasteiger partial charge in [0.25, 0.3) is 0 Å². The molecule has 0 aliphatic carbocycles. The Labute approximate surface area is 145 Å². The van der Waals surface area contributed by atoms with Gasteiger partial charge in [-0.3, -0.25) is 19.2 Å². The highest BCUT2D eigenvalue weighted by Crippen LogP contribution is 2.14. The zero-order valence-electron chi connectivity index (χ0n) is 14.1. The standard InChI is InChI=1S/C14H24N2O8S/c1-8(2)25(23,24)7-9(13(20)16-6-12(18)19)5-10(17)3-4-11(15)14(21)22/h8-9,11H,3-7,15H2,1-2H3,(H,16,20)(H,18,19)(H,21,22)/t9-,11?/m0/s1. The Kier molecular flexibility index (Phi) is 9.28. The predicted octanol–water partition coefficient (Wildman–Crippen LogP) is -1.22. The zero-order chi connectivity index (χ0) is 19.8. The van der Waals surface area contributed by atoms with Crippen molar-refractivity contribution in [3.05, 3.63) is 0 Å². The second-order valence-corrected chi connectivity index (χ2v) is 8.51. The molecule has 0 heterocycles. The monoisotopic (exact) mass is 380 g/mol. The predicted molar refractivity (Wildman–Crippen MR) is 87.5 cm³/mol. The van der Waals surface area contributed by atoms with Crippen LogP contribution in [0.4, 0.5) is 0 Å². The minimum atomic E-state index is -3.65. The molecule has 0 aliphatic heterocycles. The van der Waals surface area contributed by atoms with Crippen LogP contribution in [-0.2, 0) is 29.0 Å². The summed E-state index contributed by atoms with van der Waals surface area (Å²) in [4.78, 5) is 45.1. The van der Waals surface area contributed by atoms with Gasteiger partial charge in [0.2, 0.25) is 5.91 Å². The highest BCUT2D eigenvalue weighted by molar-refractivity contribution is 7.92. The van der Waals surface area contributed by atoms with Gasteiger partial charge in [-0.25, -0.2) is 8.42 Å². The lowest BCUT2D eigenvalue weighted by atomic mass is 9.99. The van der Waals surface area contributed by atoms with Gasteiger partial charge >= 0.3 is 11.9 Å². The number of Topliss-reactive ketones (excluding diaryl/α,β-unsaturated/α-hetero) is 1. The van der Waals surface area contributed by atoms with E-state index in [-0.39, 0.29) is 12.8 Å². The average molecular weight is 380 g/mol. The van der Waals surface area contributed by atoms with Gasteiger partial charge in [0.15, 0.2) is 9.84 Å². The molecule has 2 atom stereocenters. The molecular weight excluding hydrogens is 356 g/mol. The van der Waals surface area contributed by atoms with Gasteiger partial charge in [0, 0.05) is 12.8 Å². The number of carbonyl (C=O) groups is 4. The van der Waals surface area contributed by atoms with Gasteiger partial charge in [-0.05, 0) is 20.3 Å². The van der Waals surface area contributed by atoms with Crippen molar-refractivity contribution in [1.29, 1.82) is 0 Å². The molecule has 0 bridgehead atoms. The number of hydrogen-bond donors (Lipinski definition) is 4. The number of aliphatic carboxylic acids is 2. The third-order valence-corrected chi connectivity index (χ3v) is 5.77. The molecule has 0 aliphatic rings. The lowest BCUT2D eigenvalue weighted by molar-refractivity contribution is -0.139. The molecule has 1 amide bonds. The number of ketones is 1. The lowest BCUT2D eigenvalue weighted by Crippen LogP contribution is -2.40. The van der Waals surface area contributed by atoms with Crippen LogP contribution in [0.1, 0.15) is 33.1 Å². The molecule has 0 saturated heterocycles. The Morgan fingerprint density at radius 2 is 1.68 bits per heavy atom. The summed E-state index contributed by atoms with van der Waals surface area (Å²) < 4.78 is 24.0. The van der Waals surface area contributed by atoms with Crippen LogP contribution in [0, 0.1) is 5.92 Å². The maximum absolute atomic E-state index is 12.0. The van der Waals surface area contributed by atoms with Crippen molar-refractivity contribution in [2.45, 2.75) is 44.4 Å². The molecule has 0 rings (SSSR count). The largest absolute Gasteiger partial charge is 0.480 e. The van der Waals surface area contributed by atoms with Gasteiger partial charge in [0.1, 0.15) is 18.4 Å². The van der Waals surface area contributed by atoms with Gasteiger partial charge in [0.05, 0.1) is 16.9 Å². The second kappa shape index (κ2) is 10.1. The van der Waals surface area contributed by atoms with Crippen molar-refractivity contribution in [2.75, 3.05) is 12.3 Å². The van der Waals surface area contributed by atoms with Crippen LogP contribution in [0.15, 0.2) is 0 Å². The molecule has 5 N–H and O–H groups in total. The number of nitrogens with two attached hydrogens (primary N) is 1. The van der Waals surface area contributed by atoms with Crippen molar-refractivity contribution in [3.63, 3.8) is 0 Å². The van der Waals surface area contributed by atoms with Crippen LogP contribution < -0.4 is 11.1 Å². The quantitative estimate of drug-likeness (QED) is 0.322. The number of nitrogens with one attached hydrogen (secondary N) is 1. The van der Waals surface area contributed by atoms with Gasteiger partial charge in [-0.2, -0.15) is 0 Å². The maximum atomic E-state index is 12.0. The van der Waals surface area contributed by atoms with E-state index < -0.39 is 69.4 Å². The Bertz CT molecular complexity index is 614. The van der Waals surface area contributed by atoms with E-state index >= 15 is 0 Å². The summed E-state index contributed by atoms with van der Waals surface area (Å²) in [6.07, 6.45) is -0.809. The molecule has 0 aromatic carbocycles. The number of sulfone groups is 1. The van der Waals surface area contributed by atoms with E-state index in [1.54, 1.807) is 0 Å². The lowest BCUT2D eigenvalue weighted by Gasteiger charge is -2.17. The third-order valence-electron chi connectivity index (χ3n) is 3.46. The Morgan fingerprint density at radius 3 is 2.12 bits per heavy atom. The number of hydrogen-bond acceptors (Lipinski definition) is 7. The summed E-state index contributed by atoms with van der Waals surface area (Å²) in [6, 6.07) is -1.23. The van der Waals surface area contributed by atoms with E-state index in [0.717, 1.165) is 0 Å². The van der Waals surface area contributed by atoms with Crippen molar-refractivity contribution < 1.29 is 37.8 Å². The number of amides is 1. The Balaban J connectivity index is 5.00. The van der Waals surface area contributed by atoms with Crippen LogP contribution >= 0.6 is 0 Å². The van der Waals surface area contributed by atoms with Gasteiger partial charge < -0.3 is 21.3 Å². The zero-order valence-corrected chi connectivity index (χ0v) is 14.9. The summed E-state index contributed by atoms with van der Waals surface area (Å²) in [7, 11) is -3.65. The van der Waals surface area contributed by atoms with E-state index in [1.807, 2.05) is 0 Å². The van der Waals surface area contributed by atoms with Crippen LogP contribution in [0.3, 0.4) is 0 Å². The van der Waals surface area contributed by atoms with Crippen LogP contribution in [-0.4, -0.2) is 65.8 Å². The first-order valence-corrected chi connectivity index (χ1v) is 9.29. The van der Waals surface area contributed by atoms with Crippen molar-refractivity contribution >= 4 is 33.5 Å². The molecule has 25 heavy (non-hydrogen) atoms. The minimum Gasteiger partial charge on any atom is -0.480 e. The number of rotatable bonds is 12. The van der Waals surface area contributed by atoms with Crippen molar-refractivity contribution in [2.24, 2.45) is 11.7 Å². The molecule has 0 fully saturated rings. The van der Waals surface area contributed by atoms with Crippen molar-refractivity contribution in [1.82, 2.24) is 5.32 Å². The number of carboxylic acids is 2. The first kappa shape index (κ1) is 23.0. The van der Waals surface area contributed by atoms with Crippen LogP contribution in [0.5, 0.6) is 0 Å². The molecular formula is C14H24N2O8S. The molecule has 144 valence electrons. The molecule has 0 spiro atoms. The van der Waals surface area contributed by atoms with E-state index in [1.165, 1.54) is 13.8 Å². The fraction of sp³-hybridized carbons (Fsp3) is 0.714. The van der Waals surface area contributed by atoms with E-state index in [9.17, 15) is 27.6 Å². The molecule has 0 radical (unpaired) electrons. The van der Waals surface area contributed by atoms with Crippen LogP contribution in [0.25, 0.3) is 0 Å². The molecule has 0 aromatic rings. The molecule has 0 aromatic heterocycles. The summed E-state index contributed by atoms with van der Waals surface area (Å²) >= 11 is 0. The molecule has 0 saturated carbocycles. The smallest absolute Gasteiger partial charge is 0.322 e. The fourth-order valence-corrected chi connectivity index (χ4v) is 3.04. The third kappa shape index (κ3) is 9.15. The van der Waals surface area contributed by atoms with E-state index in [2.05, 4.69) is 5.32 Å². The maximum Gasteiger partial charge on any atom is 0.322 e. The fourth-order valence-electron chi connectivity index (χ4n) is 1.82. The highest BCUT2D eigenvalue weighted by atomic mass is 32.2. The summed E-state index contributed by atoms with van der Waals surface area (Å²) in [5.74, 6) is -5.82. The van der Waals surface area contributed by atoms with E-state index in [4.69, 9.17) is 15.9 Å². The highest BCUT2D eigenvalue weighted by Gasteiger charge is 2.30. The molecule has 11 heteroatoms. The molecule has 10 nitrogen and oxygen atoms in total. The Hall–Kier alpha value is -2.01. The number of carboxylic acid groups (broad SMARTS) is 2. The van der Waals surface area contributed by atoms with Crippen molar-refractivity contribution in [3.8, 4) is 0 Å². The summed E-state index contributed by atoms with van der Waals surface area (Å²) in [6.45, 7) is 2.15. The first-order valence-electron chi connectivity index (χ1n) is 7.58. The second-order valence-electron chi connectivity index (χ2n) is 5.91.